The summed E-state index contributed by atoms with van der Waals surface area (Å²) in [5.74, 6) is 0. The van der Waals surface area contributed by atoms with Crippen LogP contribution in [0.1, 0.15) is 5.56 Å². The number of para-hydroxylation sites is 1. The van der Waals surface area contributed by atoms with Gasteiger partial charge in [-0.2, -0.15) is 0 Å². The van der Waals surface area contributed by atoms with Gasteiger partial charge in [0.25, 0.3) is 0 Å². The molecule has 0 saturated heterocycles. The molecule has 0 amide bonds. The van der Waals surface area contributed by atoms with Gasteiger partial charge in [0.2, 0.25) is 0 Å². The van der Waals surface area contributed by atoms with E-state index < -0.39 is 0 Å². The first-order valence-corrected chi connectivity index (χ1v) is 4.24. The maximum atomic E-state index is 5.29. The Balaban J connectivity index is 2.23. The molecule has 2 nitrogen and oxygen atoms in total. The molecule has 12 heavy (non-hydrogen) atoms. The van der Waals surface area contributed by atoms with Crippen LogP contribution in [0.3, 0.4) is 0 Å². The van der Waals surface area contributed by atoms with Crippen molar-refractivity contribution in [1.82, 2.24) is 0 Å². The topological polar surface area (TPSA) is 21.3 Å². The van der Waals surface area contributed by atoms with Crippen molar-refractivity contribution in [3.05, 3.63) is 29.8 Å². The van der Waals surface area contributed by atoms with E-state index in [2.05, 4.69) is 29.6 Å². The fourth-order valence-electron chi connectivity index (χ4n) is 1.58. The van der Waals surface area contributed by atoms with Crippen LogP contribution in [-0.2, 0) is 11.2 Å². The first kappa shape index (κ1) is 7.62. The fraction of sp³-hybridized carbons (Fsp3) is 0.400. The number of hydrogen-bond acceptors (Lipinski definition) is 2. The molecule has 1 N–H and O–H groups in total. The Labute approximate surface area is 72.5 Å². The number of nitrogens with one attached hydrogen (secondary N) is 1. The van der Waals surface area contributed by atoms with E-state index in [1.807, 2.05) is 0 Å². The van der Waals surface area contributed by atoms with E-state index in [-0.39, 0.29) is 0 Å². The minimum Gasteiger partial charge on any atom is -0.382 e. The summed E-state index contributed by atoms with van der Waals surface area (Å²) in [5.41, 5.74) is 2.61. The van der Waals surface area contributed by atoms with Gasteiger partial charge in [0.1, 0.15) is 0 Å². The monoisotopic (exact) mass is 163 g/mol. The van der Waals surface area contributed by atoms with Crippen LogP contribution in [0, 0.1) is 0 Å². The predicted octanol–water partition coefficient (Wildman–Crippen LogP) is 1.67. The number of ether oxygens (including phenoxy) is 1. The summed E-state index contributed by atoms with van der Waals surface area (Å²) in [7, 11) is 1.76. The molecule has 64 valence electrons. The highest BCUT2D eigenvalue weighted by atomic mass is 16.5. The molecule has 2 heteroatoms. The zero-order valence-electron chi connectivity index (χ0n) is 7.21. The average Bonchev–Trinajstić information content (AvgIpc) is 2.17. The number of benzene rings is 1. The highest BCUT2D eigenvalue weighted by Gasteiger charge is 2.16. The van der Waals surface area contributed by atoms with Gasteiger partial charge in [0, 0.05) is 25.8 Å². The van der Waals surface area contributed by atoms with E-state index in [9.17, 15) is 0 Å². The van der Waals surface area contributed by atoms with Gasteiger partial charge in [0.05, 0.1) is 6.10 Å². The molecule has 0 aromatic heterocycles. The zero-order valence-corrected chi connectivity index (χ0v) is 7.21. The zero-order chi connectivity index (χ0) is 8.39. The molecule has 1 aromatic rings. The Kier molecular flexibility index (Phi) is 2.00. The first-order valence-electron chi connectivity index (χ1n) is 4.24. The van der Waals surface area contributed by atoms with Gasteiger partial charge in [-0.1, -0.05) is 18.2 Å². The normalized spacial score (nSPS) is 21.2. The van der Waals surface area contributed by atoms with Gasteiger partial charge in [-0.05, 0) is 11.6 Å². The lowest BCUT2D eigenvalue weighted by atomic mass is 10.0. The van der Waals surface area contributed by atoms with Gasteiger partial charge in [-0.3, -0.25) is 0 Å². The van der Waals surface area contributed by atoms with Crippen LogP contribution in [0.15, 0.2) is 24.3 Å². The Bertz CT molecular complexity index is 272. The van der Waals surface area contributed by atoms with Crippen LogP contribution >= 0.6 is 0 Å². The summed E-state index contributed by atoms with van der Waals surface area (Å²) in [6.45, 7) is 0.924. The number of rotatable bonds is 1. The Morgan fingerprint density at radius 1 is 1.42 bits per heavy atom. The maximum Gasteiger partial charge on any atom is 0.0784 e. The summed E-state index contributed by atoms with van der Waals surface area (Å²) in [6, 6.07) is 8.38. The third-order valence-corrected chi connectivity index (χ3v) is 2.32. The second-order valence-corrected chi connectivity index (χ2v) is 3.10. The van der Waals surface area contributed by atoms with Gasteiger partial charge in [0.15, 0.2) is 0 Å². The van der Waals surface area contributed by atoms with Crippen LogP contribution < -0.4 is 5.32 Å². The molecule has 1 aliphatic rings. The van der Waals surface area contributed by atoms with Crippen LogP contribution in [0.2, 0.25) is 0 Å². The van der Waals surface area contributed by atoms with Crippen LogP contribution in [0.4, 0.5) is 5.69 Å². The van der Waals surface area contributed by atoms with Crippen molar-refractivity contribution >= 4 is 5.69 Å². The van der Waals surface area contributed by atoms with Crippen molar-refractivity contribution in [1.29, 1.82) is 0 Å². The summed E-state index contributed by atoms with van der Waals surface area (Å²) in [4.78, 5) is 0. The fourth-order valence-corrected chi connectivity index (χ4v) is 1.58. The molecule has 2 rings (SSSR count). The third-order valence-electron chi connectivity index (χ3n) is 2.32. The molecule has 0 spiro atoms. The summed E-state index contributed by atoms with van der Waals surface area (Å²) in [6.07, 6.45) is 1.36. The molecule has 1 unspecified atom stereocenters. The molecule has 1 atom stereocenters. The highest BCUT2D eigenvalue weighted by Crippen LogP contribution is 2.21. The lowest BCUT2D eigenvalue weighted by Crippen LogP contribution is -2.29. The Morgan fingerprint density at radius 3 is 3.08 bits per heavy atom. The lowest BCUT2D eigenvalue weighted by Gasteiger charge is -2.24. The van der Waals surface area contributed by atoms with Crippen molar-refractivity contribution in [2.24, 2.45) is 0 Å². The SMILES string of the molecule is COC1CNc2ccccc2C1. The molecular formula is C10H13NO. The summed E-state index contributed by atoms with van der Waals surface area (Å²) < 4.78 is 5.29. The molecule has 1 heterocycles. The molecule has 1 aromatic carbocycles. The van der Waals surface area contributed by atoms with Crippen molar-refractivity contribution in [3.8, 4) is 0 Å². The van der Waals surface area contributed by atoms with E-state index >= 15 is 0 Å². The van der Waals surface area contributed by atoms with Crippen molar-refractivity contribution in [3.63, 3.8) is 0 Å². The molecule has 0 bridgehead atoms. The van der Waals surface area contributed by atoms with E-state index in [0.717, 1.165) is 13.0 Å². The molecular weight excluding hydrogens is 150 g/mol. The van der Waals surface area contributed by atoms with E-state index in [0.29, 0.717) is 6.10 Å². The molecule has 0 saturated carbocycles. The average molecular weight is 163 g/mol. The van der Waals surface area contributed by atoms with Crippen LogP contribution in [0.5, 0.6) is 0 Å². The van der Waals surface area contributed by atoms with E-state index in [4.69, 9.17) is 4.74 Å². The quantitative estimate of drug-likeness (QED) is 0.680. The highest BCUT2D eigenvalue weighted by molar-refractivity contribution is 5.53. The second-order valence-electron chi connectivity index (χ2n) is 3.10. The number of anilines is 1. The maximum absolute atomic E-state index is 5.29. The van der Waals surface area contributed by atoms with Gasteiger partial charge >= 0.3 is 0 Å². The van der Waals surface area contributed by atoms with Crippen LogP contribution in [-0.4, -0.2) is 19.8 Å². The Morgan fingerprint density at radius 2 is 2.25 bits per heavy atom. The van der Waals surface area contributed by atoms with Gasteiger partial charge < -0.3 is 10.1 Å². The third kappa shape index (κ3) is 1.30. The van der Waals surface area contributed by atoms with Crippen LogP contribution in [0.25, 0.3) is 0 Å². The van der Waals surface area contributed by atoms with E-state index in [1.54, 1.807) is 7.11 Å². The summed E-state index contributed by atoms with van der Waals surface area (Å²) in [5, 5.41) is 3.34. The largest absolute Gasteiger partial charge is 0.382 e. The minimum atomic E-state index is 0.333. The van der Waals surface area contributed by atoms with Crippen molar-refractivity contribution in [2.75, 3.05) is 19.0 Å². The first-order chi connectivity index (χ1) is 5.90. The van der Waals surface area contributed by atoms with Crippen molar-refractivity contribution in [2.45, 2.75) is 12.5 Å². The Hall–Kier alpha value is -1.02. The number of hydrogen-bond donors (Lipinski definition) is 1. The molecule has 0 fully saturated rings. The lowest BCUT2D eigenvalue weighted by molar-refractivity contribution is 0.111. The summed E-state index contributed by atoms with van der Waals surface area (Å²) >= 11 is 0. The van der Waals surface area contributed by atoms with Gasteiger partial charge in [-0.25, -0.2) is 0 Å². The molecule has 0 radical (unpaired) electrons. The van der Waals surface area contributed by atoms with E-state index in [1.165, 1.54) is 11.3 Å². The molecule has 0 aliphatic carbocycles. The predicted molar refractivity (Wildman–Crippen MR) is 49.4 cm³/mol. The number of methoxy groups -OCH3 is 1. The van der Waals surface area contributed by atoms with Crippen molar-refractivity contribution < 1.29 is 4.74 Å². The van der Waals surface area contributed by atoms with Gasteiger partial charge in [-0.15, -0.1) is 0 Å². The minimum absolute atomic E-state index is 0.333. The smallest absolute Gasteiger partial charge is 0.0784 e. The second kappa shape index (κ2) is 3.15. The number of fused-ring (bicyclic) bond motifs is 1. The standard InChI is InChI=1S/C10H13NO/c1-12-9-6-8-4-2-3-5-10(8)11-7-9/h2-5,9,11H,6-7H2,1H3. The molecule has 1 aliphatic heterocycles.